The van der Waals surface area contributed by atoms with E-state index in [1.807, 2.05) is 18.2 Å². The number of halogens is 1. The highest BCUT2D eigenvalue weighted by atomic mass is 35.5. The molecule has 2 heterocycles. The predicted molar refractivity (Wildman–Crippen MR) is 104 cm³/mol. The van der Waals surface area contributed by atoms with Crippen LogP contribution < -0.4 is 20.1 Å². The van der Waals surface area contributed by atoms with Gasteiger partial charge in [-0.1, -0.05) is 11.6 Å². The van der Waals surface area contributed by atoms with Gasteiger partial charge in [0.05, 0.1) is 16.5 Å². The van der Waals surface area contributed by atoms with Crippen LogP contribution >= 0.6 is 23.4 Å². The van der Waals surface area contributed by atoms with Gasteiger partial charge in [0.1, 0.15) is 13.2 Å². The molecule has 140 valence electrons. The van der Waals surface area contributed by atoms with Gasteiger partial charge in [-0.05, 0) is 42.3 Å². The maximum Gasteiger partial charge on any atom is 0.251 e. The number of fused-ring (bicyclic) bond motifs is 2. The van der Waals surface area contributed by atoms with Crippen LogP contribution in [0.4, 0.5) is 5.69 Å². The van der Waals surface area contributed by atoms with Crippen LogP contribution in [0.3, 0.4) is 0 Å². The van der Waals surface area contributed by atoms with E-state index < -0.39 is 0 Å². The highest BCUT2D eigenvalue weighted by Crippen LogP contribution is 2.38. The van der Waals surface area contributed by atoms with Crippen LogP contribution in [0.1, 0.15) is 15.9 Å². The highest BCUT2D eigenvalue weighted by Gasteiger charge is 2.18. The van der Waals surface area contributed by atoms with E-state index in [9.17, 15) is 9.59 Å². The lowest BCUT2D eigenvalue weighted by molar-refractivity contribution is -0.113. The van der Waals surface area contributed by atoms with Crippen molar-refractivity contribution in [3.05, 3.63) is 46.5 Å². The number of thioether (sulfide) groups is 1. The summed E-state index contributed by atoms with van der Waals surface area (Å²) in [7, 11) is 0. The molecule has 2 aliphatic rings. The second kappa shape index (κ2) is 7.70. The second-order valence-corrected chi connectivity index (χ2v) is 7.58. The Balaban J connectivity index is 1.38. The van der Waals surface area contributed by atoms with Gasteiger partial charge in [-0.15, -0.1) is 11.8 Å². The average molecular weight is 405 g/mol. The third-order valence-corrected chi connectivity index (χ3v) is 5.58. The third kappa shape index (κ3) is 3.99. The number of ether oxygens (including phenoxy) is 2. The number of rotatable bonds is 4. The summed E-state index contributed by atoms with van der Waals surface area (Å²) in [6, 6.07) is 9.04. The fourth-order valence-electron chi connectivity index (χ4n) is 2.96. The van der Waals surface area contributed by atoms with Crippen molar-refractivity contribution in [1.29, 1.82) is 0 Å². The van der Waals surface area contributed by atoms with E-state index in [1.54, 1.807) is 12.1 Å². The Kier molecular flexibility index (Phi) is 5.13. The molecular weight excluding hydrogens is 388 g/mol. The number of hydrogen-bond acceptors (Lipinski definition) is 5. The summed E-state index contributed by atoms with van der Waals surface area (Å²) >= 11 is 7.70. The van der Waals surface area contributed by atoms with Crippen LogP contribution in [0, 0.1) is 0 Å². The first-order chi connectivity index (χ1) is 13.1. The SMILES string of the molecule is O=C1CSc2ccc(C(=O)NCCc3cc(Cl)c4c(c3)OCCO4)cc2N1. The fourth-order valence-corrected chi connectivity index (χ4v) is 4.03. The lowest BCUT2D eigenvalue weighted by atomic mass is 10.1. The summed E-state index contributed by atoms with van der Waals surface area (Å²) in [5, 5.41) is 6.19. The second-order valence-electron chi connectivity index (χ2n) is 6.16. The van der Waals surface area contributed by atoms with Gasteiger partial charge in [-0.2, -0.15) is 0 Å². The molecule has 2 aliphatic heterocycles. The highest BCUT2D eigenvalue weighted by molar-refractivity contribution is 8.00. The molecule has 2 aromatic carbocycles. The molecule has 27 heavy (non-hydrogen) atoms. The van der Waals surface area contributed by atoms with Crippen molar-refractivity contribution in [1.82, 2.24) is 5.32 Å². The Labute approximate surface area is 165 Å². The van der Waals surface area contributed by atoms with E-state index in [1.165, 1.54) is 11.8 Å². The van der Waals surface area contributed by atoms with Crippen LogP contribution in [-0.2, 0) is 11.2 Å². The largest absolute Gasteiger partial charge is 0.486 e. The van der Waals surface area contributed by atoms with Crippen LogP contribution in [0.15, 0.2) is 35.2 Å². The Morgan fingerprint density at radius 2 is 2.07 bits per heavy atom. The summed E-state index contributed by atoms with van der Waals surface area (Å²) in [6.07, 6.45) is 0.611. The Morgan fingerprint density at radius 1 is 1.22 bits per heavy atom. The molecule has 0 unspecified atom stereocenters. The van der Waals surface area contributed by atoms with Gasteiger partial charge in [0.25, 0.3) is 5.91 Å². The number of amides is 2. The summed E-state index contributed by atoms with van der Waals surface area (Å²) in [4.78, 5) is 24.9. The monoisotopic (exact) mass is 404 g/mol. The minimum atomic E-state index is -0.189. The van der Waals surface area contributed by atoms with Crippen molar-refractivity contribution < 1.29 is 19.1 Å². The van der Waals surface area contributed by atoms with E-state index in [4.69, 9.17) is 21.1 Å². The van der Waals surface area contributed by atoms with Crippen molar-refractivity contribution in [2.45, 2.75) is 11.3 Å². The number of benzene rings is 2. The van der Waals surface area contributed by atoms with Gasteiger partial charge in [-0.25, -0.2) is 0 Å². The molecule has 0 bridgehead atoms. The molecule has 4 rings (SSSR count). The van der Waals surface area contributed by atoms with Crippen molar-refractivity contribution in [3.63, 3.8) is 0 Å². The third-order valence-electron chi connectivity index (χ3n) is 4.23. The molecule has 2 N–H and O–H groups in total. The number of hydrogen-bond donors (Lipinski definition) is 2. The maximum absolute atomic E-state index is 12.4. The smallest absolute Gasteiger partial charge is 0.251 e. The normalized spacial score (nSPS) is 14.9. The van der Waals surface area contributed by atoms with Crippen LogP contribution in [0.2, 0.25) is 5.02 Å². The summed E-state index contributed by atoms with van der Waals surface area (Å²) in [5.74, 6) is 1.37. The van der Waals surface area contributed by atoms with Gasteiger partial charge < -0.3 is 20.1 Å². The van der Waals surface area contributed by atoms with Crippen LogP contribution in [0.5, 0.6) is 11.5 Å². The van der Waals surface area contributed by atoms with Crippen LogP contribution in [0.25, 0.3) is 0 Å². The number of anilines is 1. The van der Waals surface area contributed by atoms with E-state index in [-0.39, 0.29) is 11.8 Å². The Bertz CT molecular complexity index is 919. The number of carbonyl (C=O) groups excluding carboxylic acids is 2. The molecule has 0 aromatic heterocycles. The van der Waals surface area contributed by atoms with Crippen molar-refractivity contribution >= 4 is 40.9 Å². The van der Waals surface area contributed by atoms with Gasteiger partial charge in [0.2, 0.25) is 5.91 Å². The first-order valence-corrected chi connectivity index (χ1v) is 9.89. The van der Waals surface area contributed by atoms with Gasteiger partial charge >= 0.3 is 0 Å². The molecular formula is C19H17ClN2O4S. The first kappa shape index (κ1) is 18.0. The van der Waals surface area contributed by atoms with Gasteiger partial charge in [-0.3, -0.25) is 9.59 Å². The molecule has 2 amide bonds. The molecule has 0 saturated heterocycles. The van der Waals surface area contributed by atoms with Crippen LogP contribution in [-0.4, -0.2) is 37.3 Å². The summed E-state index contributed by atoms with van der Waals surface area (Å²) < 4.78 is 11.1. The minimum absolute atomic E-state index is 0.0551. The zero-order chi connectivity index (χ0) is 18.8. The zero-order valence-corrected chi connectivity index (χ0v) is 15.9. The minimum Gasteiger partial charge on any atom is -0.486 e. The average Bonchev–Trinajstić information content (AvgIpc) is 2.67. The predicted octanol–water partition coefficient (Wildman–Crippen LogP) is 3.13. The van der Waals surface area contributed by atoms with Crippen molar-refractivity contribution in [3.8, 4) is 11.5 Å². The number of carbonyl (C=O) groups is 2. The summed E-state index contributed by atoms with van der Waals surface area (Å²) in [5.41, 5.74) is 2.15. The van der Waals surface area contributed by atoms with Crippen molar-refractivity contribution in [2.75, 3.05) is 30.8 Å². The topological polar surface area (TPSA) is 76.7 Å². The lowest BCUT2D eigenvalue weighted by Crippen LogP contribution is -2.26. The standard InChI is InChI=1S/C19H17ClN2O4S/c20-13-7-11(8-15-18(13)26-6-5-25-15)3-4-21-19(24)12-1-2-16-14(9-12)22-17(23)10-27-16/h1-2,7-9H,3-6,10H2,(H,21,24)(H,22,23). The van der Waals surface area contributed by atoms with Gasteiger partial charge in [0, 0.05) is 17.0 Å². The molecule has 0 aliphatic carbocycles. The Morgan fingerprint density at radius 3 is 2.96 bits per heavy atom. The summed E-state index contributed by atoms with van der Waals surface area (Å²) in [6.45, 7) is 1.44. The van der Waals surface area contributed by atoms with E-state index in [2.05, 4.69) is 10.6 Å². The molecule has 8 heteroatoms. The maximum atomic E-state index is 12.4. The molecule has 0 fully saturated rings. The lowest BCUT2D eigenvalue weighted by Gasteiger charge is -2.20. The molecule has 2 aromatic rings. The molecule has 0 radical (unpaired) electrons. The van der Waals surface area contributed by atoms with Crippen molar-refractivity contribution in [2.24, 2.45) is 0 Å². The molecule has 6 nitrogen and oxygen atoms in total. The quantitative estimate of drug-likeness (QED) is 0.818. The molecule has 0 atom stereocenters. The van der Waals surface area contributed by atoms with E-state index in [0.29, 0.717) is 59.7 Å². The Hall–Kier alpha value is -2.38. The first-order valence-electron chi connectivity index (χ1n) is 8.53. The van der Waals surface area contributed by atoms with Gasteiger partial charge in [0.15, 0.2) is 11.5 Å². The zero-order valence-electron chi connectivity index (χ0n) is 14.3. The molecule has 0 spiro atoms. The fraction of sp³-hybridized carbons (Fsp3) is 0.263. The number of nitrogens with one attached hydrogen (secondary N) is 2. The molecule has 0 saturated carbocycles. The van der Waals surface area contributed by atoms with E-state index in [0.717, 1.165) is 10.5 Å². The van der Waals surface area contributed by atoms with E-state index >= 15 is 0 Å².